The van der Waals surface area contributed by atoms with Crippen LogP contribution >= 0.6 is 15.9 Å². The Morgan fingerprint density at radius 2 is 2.08 bits per heavy atom. The zero-order valence-electron chi connectivity index (χ0n) is 13.3. The first-order valence-corrected chi connectivity index (χ1v) is 8.66. The van der Waals surface area contributed by atoms with Crippen molar-refractivity contribution >= 4 is 33.6 Å². The molecule has 0 saturated carbocycles. The van der Waals surface area contributed by atoms with Crippen LogP contribution in [-0.2, 0) is 11.2 Å². The van der Waals surface area contributed by atoms with Crippen molar-refractivity contribution in [2.75, 3.05) is 37.6 Å². The van der Waals surface area contributed by atoms with E-state index in [2.05, 4.69) is 15.9 Å². The minimum atomic E-state index is -0.922. The number of rotatable bonds is 2. The number of hydrogen-bond donors (Lipinski definition) is 1. The Balaban J connectivity index is 1.66. The van der Waals surface area contributed by atoms with Gasteiger partial charge in [-0.3, -0.25) is 9.69 Å². The second kappa shape index (κ2) is 6.68. The van der Waals surface area contributed by atoms with Crippen LogP contribution in [-0.4, -0.2) is 65.7 Å². The monoisotopic (exact) mass is 399 g/mol. The molecule has 0 aromatic heterocycles. The number of anilines is 1. The van der Waals surface area contributed by atoms with Crippen LogP contribution in [0.5, 0.6) is 0 Å². The highest BCUT2D eigenvalue weighted by atomic mass is 79.9. The van der Waals surface area contributed by atoms with Gasteiger partial charge in [-0.15, -0.1) is 0 Å². The highest BCUT2D eigenvalue weighted by Gasteiger charge is 2.31. The number of hydrogen-bond acceptors (Lipinski definition) is 3. The molecule has 2 aliphatic heterocycles. The number of carboxylic acid groups (broad SMARTS) is 1. The van der Waals surface area contributed by atoms with E-state index < -0.39 is 6.09 Å². The lowest BCUT2D eigenvalue weighted by Gasteiger charge is -2.38. The van der Waals surface area contributed by atoms with E-state index in [1.165, 1.54) is 11.0 Å². The predicted molar refractivity (Wildman–Crippen MR) is 90.8 cm³/mol. The average Bonchev–Trinajstić information content (AvgIpc) is 2.90. The van der Waals surface area contributed by atoms with Crippen LogP contribution in [0.2, 0.25) is 0 Å². The van der Waals surface area contributed by atoms with Gasteiger partial charge in [0, 0.05) is 37.9 Å². The molecule has 2 aliphatic rings. The molecule has 1 fully saturated rings. The fourth-order valence-electron chi connectivity index (χ4n) is 3.38. The molecule has 8 heteroatoms. The van der Waals surface area contributed by atoms with Crippen LogP contribution < -0.4 is 4.90 Å². The van der Waals surface area contributed by atoms with Crippen molar-refractivity contribution < 1.29 is 19.1 Å². The number of benzene rings is 1. The zero-order valence-corrected chi connectivity index (χ0v) is 14.9. The van der Waals surface area contributed by atoms with Gasteiger partial charge in [-0.1, -0.05) is 0 Å². The summed E-state index contributed by atoms with van der Waals surface area (Å²) in [4.78, 5) is 28.8. The number of carbonyl (C=O) groups is 2. The van der Waals surface area contributed by atoms with E-state index in [9.17, 15) is 14.0 Å². The molecule has 0 radical (unpaired) electrons. The van der Waals surface area contributed by atoms with Crippen LogP contribution in [0, 0.1) is 5.82 Å². The first-order valence-electron chi connectivity index (χ1n) is 7.87. The van der Waals surface area contributed by atoms with Gasteiger partial charge in [-0.25, -0.2) is 9.18 Å². The van der Waals surface area contributed by atoms with Gasteiger partial charge in [0.05, 0.1) is 11.0 Å². The second-order valence-electron chi connectivity index (χ2n) is 6.25. The summed E-state index contributed by atoms with van der Waals surface area (Å²) in [5, 5.41) is 9.10. The van der Waals surface area contributed by atoms with E-state index in [1.54, 1.807) is 11.0 Å². The minimum absolute atomic E-state index is 0.0387. The zero-order chi connectivity index (χ0) is 17.4. The third kappa shape index (κ3) is 3.25. The molecule has 0 unspecified atom stereocenters. The van der Waals surface area contributed by atoms with Gasteiger partial charge in [-0.2, -0.15) is 0 Å². The normalized spacial score (nSPS) is 21.0. The molecule has 24 heavy (non-hydrogen) atoms. The Kier molecular flexibility index (Phi) is 4.78. The summed E-state index contributed by atoms with van der Waals surface area (Å²) in [5.74, 6) is -0.357. The summed E-state index contributed by atoms with van der Waals surface area (Å²) < 4.78 is 14.0. The van der Waals surface area contributed by atoms with E-state index >= 15 is 0 Å². The highest BCUT2D eigenvalue weighted by Crippen LogP contribution is 2.33. The fraction of sp³-hybridized carbons (Fsp3) is 0.500. The first-order chi connectivity index (χ1) is 11.4. The fourth-order valence-corrected chi connectivity index (χ4v) is 3.71. The van der Waals surface area contributed by atoms with Gasteiger partial charge in [0.15, 0.2) is 0 Å². The number of piperazine rings is 1. The largest absolute Gasteiger partial charge is 0.465 e. The molecule has 1 aromatic carbocycles. The topological polar surface area (TPSA) is 64.1 Å². The van der Waals surface area contributed by atoms with Gasteiger partial charge >= 0.3 is 6.09 Å². The van der Waals surface area contributed by atoms with E-state index in [0.29, 0.717) is 37.1 Å². The van der Waals surface area contributed by atoms with Gasteiger partial charge in [0.2, 0.25) is 5.91 Å². The predicted octanol–water partition coefficient (Wildman–Crippen LogP) is 2.16. The molecule has 2 amide bonds. The van der Waals surface area contributed by atoms with E-state index in [1.807, 2.05) is 11.8 Å². The molecule has 130 valence electrons. The third-order valence-electron chi connectivity index (χ3n) is 4.63. The first kappa shape index (κ1) is 17.2. The molecule has 1 N–H and O–H groups in total. The van der Waals surface area contributed by atoms with Gasteiger partial charge < -0.3 is 14.9 Å². The molecule has 0 bridgehead atoms. The molecule has 1 aromatic rings. The maximum absolute atomic E-state index is 13.6. The Labute approximate surface area is 147 Å². The summed E-state index contributed by atoms with van der Waals surface area (Å²) in [6.45, 7) is 4.11. The number of amides is 2. The van der Waals surface area contributed by atoms with Crippen molar-refractivity contribution in [2.45, 2.75) is 19.4 Å². The second-order valence-corrected chi connectivity index (χ2v) is 7.10. The Hall–Kier alpha value is -1.67. The van der Waals surface area contributed by atoms with Crippen molar-refractivity contribution in [2.24, 2.45) is 0 Å². The lowest BCUT2D eigenvalue weighted by molar-refractivity contribution is -0.120. The summed E-state index contributed by atoms with van der Waals surface area (Å²) in [6.07, 6.45) is -0.275. The van der Waals surface area contributed by atoms with Crippen molar-refractivity contribution in [1.29, 1.82) is 0 Å². The average molecular weight is 400 g/mol. The molecule has 0 spiro atoms. The van der Waals surface area contributed by atoms with Crippen molar-refractivity contribution in [3.05, 3.63) is 28.0 Å². The molecule has 1 atom stereocenters. The van der Waals surface area contributed by atoms with Gasteiger partial charge in [0.25, 0.3) is 0 Å². The maximum atomic E-state index is 13.6. The van der Waals surface area contributed by atoms with Crippen LogP contribution in [0.1, 0.15) is 12.5 Å². The molecule has 6 nitrogen and oxygen atoms in total. The quantitative estimate of drug-likeness (QED) is 0.827. The Morgan fingerprint density at radius 1 is 1.33 bits per heavy atom. The number of carbonyl (C=O) groups excluding carboxylic acids is 1. The summed E-state index contributed by atoms with van der Waals surface area (Å²) >= 11 is 3.17. The lowest BCUT2D eigenvalue weighted by Crippen LogP contribution is -2.55. The van der Waals surface area contributed by atoms with Crippen molar-refractivity contribution in [3.8, 4) is 0 Å². The summed E-state index contributed by atoms with van der Waals surface area (Å²) in [7, 11) is 0. The van der Waals surface area contributed by atoms with Gasteiger partial charge in [-0.05, 0) is 47.0 Å². The molecular formula is C16H19BrFN3O3. The smallest absolute Gasteiger partial charge is 0.407 e. The SMILES string of the molecule is C[C@@H]1CN(CC(=O)N2CCc3cc(F)c(Br)cc32)CCN1C(=O)O. The lowest BCUT2D eigenvalue weighted by atomic mass is 10.1. The molecule has 2 heterocycles. The highest BCUT2D eigenvalue weighted by molar-refractivity contribution is 9.10. The van der Waals surface area contributed by atoms with Crippen LogP contribution in [0.4, 0.5) is 14.9 Å². The standard InChI is InChI=1S/C16H19BrFN3O3/c1-10-8-19(4-5-20(10)16(23)24)9-15(22)21-3-2-11-6-13(18)12(17)7-14(11)21/h6-7,10H,2-5,8-9H2,1H3,(H,23,24)/t10-/m1/s1. The van der Waals surface area contributed by atoms with E-state index in [0.717, 1.165) is 11.3 Å². The number of fused-ring (bicyclic) bond motifs is 1. The Morgan fingerprint density at radius 3 is 2.75 bits per heavy atom. The molecular weight excluding hydrogens is 381 g/mol. The van der Waals surface area contributed by atoms with Crippen molar-refractivity contribution in [3.63, 3.8) is 0 Å². The number of nitrogens with zero attached hydrogens (tertiary/aromatic N) is 3. The minimum Gasteiger partial charge on any atom is -0.465 e. The Bertz CT molecular complexity index is 685. The number of halogens is 2. The van der Waals surface area contributed by atoms with Crippen LogP contribution in [0.15, 0.2) is 16.6 Å². The van der Waals surface area contributed by atoms with Crippen LogP contribution in [0.3, 0.4) is 0 Å². The van der Waals surface area contributed by atoms with Gasteiger partial charge in [0.1, 0.15) is 5.82 Å². The molecule has 0 aliphatic carbocycles. The molecule has 1 saturated heterocycles. The summed E-state index contributed by atoms with van der Waals surface area (Å²) in [6, 6.07) is 2.99. The van der Waals surface area contributed by atoms with E-state index in [-0.39, 0.29) is 24.3 Å². The summed E-state index contributed by atoms with van der Waals surface area (Å²) in [5.41, 5.74) is 1.60. The molecule has 3 rings (SSSR count). The van der Waals surface area contributed by atoms with E-state index in [4.69, 9.17) is 5.11 Å². The third-order valence-corrected chi connectivity index (χ3v) is 5.24. The van der Waals surface area contributed by atoms with Crippen molar-refractivity contribution in [1.82, 2.24) is 9.80 Å². The van der Waals surface area contributed by atoms with Crippen LogP contribution in [0.25, 0.3) is 0 Å². The maximum Gasteiger partial charge on any atom is 0.407 e.